The van der Waals surface area contributed by atoms with E-state index in [1.807, 2.05) is 12.1 Å². The molecule has 1 aromatic carbocycles. The summed E-state index contributed by atoms with van der Waals surface area (Å²) in [7, 11) is 3.15. The number of nitrogens with zero attached hydrogens (tertiary/aromatic N) is 1. The van der Waals surface area contributed by atoms with Gasteiger partial charge in [-0.3, -0.25) is 0 Å². The summed E-state index contributed by atoms with van der Waals surface area (Å²) in [6, 6.07) is 7.23. The maximum Gasteiger partial charge on any atom is 0.118 e. The van der Waals surface area contributed by atoms with Crippen LogP contribution in [0.25, 0.3) is 0 Å². The number of rotatable bonds is 4. The molecule has 0 heterocycles. The van der Waals surface area contributed by atoms with Gasteiger partial charge in [0, 0.05) is 12.7 Å². The van der Waals surface area contributed by atoms with Crippen molar-refractivity contribution in [1.29, 1.82) is 0 Å². The third-order valence-corrected chi connectivity index (χ3v) is 1.83. The summed E-state index contributed by atoms with van der Waals surface area (Å²) in [6.07, 6.45) is 0. The predicted octanol–water partition coefficient (Wildman–Crippen LogP) is 1.52. The normalized spacial score (nSPS) is 11.4. The second kappa shape index (κ2) is 5.24. The summed E-state index contributed by atoms with van der Waals surface area (Å²) in [6.45, 7) is 0.281. The van der Waals surface area contributed by atoms with Gasteiger partial charge in [0.2, 0.25) is 0 Å². The van der Waals surface area contributed by atoms with Crippen molar-refractivity contribution in [2.45, 2.75) is 0 Å². The van der Waals surface area contributed by atoms with Gasteiger partial charge in [0.05, 0.1) is 13.7 Å². The zero-order valence-electron chi connectivity index (χ0n) is 8.23. The average molecular weight is 195 g/mol. The van der Waals surface area contributed by atoms with Crippen molar-refractivity contribution >= 4 is 5.71 Å². The van der Waals surface area contributed by atoms with Gasteiger partial charge < -0.3 is 14.7 Å². The SMILES string of the molecule is COC/C(=N/O)c1ccc(OC)cc1. The molecule has 0 amide bonds. The molecular formula is C10H13NO3. The molecule has 0 bridgehead atoms. The molecular weight excluding hydrogens is 182 g/mol. The summed E-state index contributed by atoms with van der Waals surface area (Å²) in [5.74, 6) is 0.767. The molecule has 4 heteroatoms. The number of methoxy groups -OCH3 is 2. The van der Waals surface area contributed by atoms with Crippen molar-refractivity contribution < 1.29 is 14.7 Å². The predicted molar refractivity (Wildman–Crippen MR) is 53.2 cm³/mol. The summed E-state index contributed by atoms with van der Waals surface area (Å²) in [5, 5.41) is 11.9. The molecule has 0 aromatic heterocycles. The Labute approximate surface area is 82.8 Å². The number of benzene rings is 1. The van der Waals surface area contributed by atoms with Crippen LogP contribution in [0.2, 0.25) is 0 Å². The first-order valence-electron chi connectivity index (χ1n) is 4.16. The molecule has 1 rings (SSSR count). The minimum atomic E-state index is 0.281. The maximum atomic E-state index is 8.71. The number of ether oxygens (including phenoxy) is 2. The molecule has 0 radical (unpaired) electrons. The van der Waals surface area contributed by atoms with E-state index in [0.717, 1.165) is 11.3 Å². The van der Waals surface area contributed by atoms with Gasteiger partial charge >= 0.3 is 0 Å². The van der Waals surface area contributed by atoms with Gasteiger partial charge in [0.1, 0.15) is 11.5 Å². The Hall–Kier alpha value is -1.55. The highest BCUT2D eigenvalue weighted by Gasteiger charge is 2.03. The van der Waals surface area contributed by atoms with E-state index in [1.54, 1.807) is 26.4 Å². The van der Waals surface area contributed by atoms with Crippen LogP contribution in [0.1, 0.15) is 5.56 Å². The molecule has 0 fully saturated rings. The van der Waals surface area contributed by atoms with Crippen LogP contribution in [0.4, 0.5) is 0 Å². The average Bonchev–Trinajstić information content (AvgIpc) is 2.26. The number of oxime groups is 1. The molecule has 0 saturated carbocycles. The molecule has 4 nitrogen and oxygen atoms in total. The van der Waals surface area contributed by atoms with E-state index in [-0.39, 0.29) is 6.61 Å². The molecule has 0 spiro atoms. The van der Waals surface area contributed by atoms with Gasteiger partial charge in [-0.1, -0.05) is 5.16 Å². The van der Waals surface area contributed by atoms with E-state index >= 15 is 0 Å². The van der Waals surface area contributed by atoms with Gasteiger partial charge in [-0.05, 0) is 24.3 Å². The molecule has 1 aromatic rings. The Morgan fingerprint density at radius 3 is 2.36 bits per heavy atom. The monoisotopic (exact) mass is 195 g/mol. The summed E-state index contributed by atoms with van der Waals surface area (Å²) in [4.78, 5) is 0. The van der Waals surface area contributed by atoms with Crippen molar-refractivity contribution in [1.82, 2.24) is 0 Å². The summed E-state index contributed by atoms with van der Waals surface area (Å²) < 4.78 is 9.89. The molecule has 0 aliphatic rings. The van der Waals surface area contributed by atoms with Crippen LogP contribution in [-0.2, 0) is 4.74 Å². The number of hydrogen-bond donors (Lipinski definition) is 1. The Bertz CT molecular complexity index is 306. The fraction of sp³-hybridized carbons (Fsp3) is 0.300. The molecule has 0 atom stereocenters. The molecule has 1 N–H and O–H groups in total. The van der Waals surface area contributed by atoms with Crippen LogP contribution in [-0.4, -0.2) is 31.7 Å². The molecule has 14 heavy (non-hydrogen) atoms. The van der Waals surface area contributed by atoms with Gasteiger partial charge in [0.25, 0.3) is 0 Å². The van der Waals surface area contributed by atoms with Crippen LogP contribution in [0.15, 0.2) is 29.4 Å². The fourth-order valence-electron chi connectivity index (χ4n) is 1.09. The van der Waals surface area contributed by atoms with Crippen molar-refractivity contribution in [2.75, 3.05) is 20.8 Å². The van der Waals surface area contributed by atoms with Gasteiger partial charge in [-0.15, -0.1) is 0 Å². The lowest BCUT2D eigenvalue weighted by Gasteiger charge is -2.04. The molecule has 76 valence electrons. The van der Waals surface area contributed by atoms with Crippen LogP contribution >= 0.6 is 0 Å². The quantitative estimate of drug-likeness (QED) is 0.450. The van der Waals surface area contributed by atoms with E-state index in [2.05, 4.69) is 5.16 Å². The van der Waals surface area contributed by atoms with E-state index < -0.39 is 0 Å². The first-order chi connectivity index (χ1) is 6.81. The summed E-state index contributed by atoms with van der Waals surface area (Å²) in [5.41, 5.74) is 1.31. The first kappa shape index (κ1) is 10.5. The van der Waals surface area contributed by atoms with Crippen LogP contribution < -0.4 is 4.74 Å². The smallest absolute Gasteiger partial charge is 0.118 e. The van der Waals surface area contributed by atoms with Gasteiger partial charge in [0.15, 0.2) is 0 Å². The molecule has 0 aliphatic carbocycles. The Balaban J connectivity index is 2.84. The van der Waals surface area contributed by atoms with E-state index in [9.17, 15) is 0 Å². The Kier molecular flexibility index (Phi) is 3.94. The third kappa shape index (κ3) is 2.47. The third-order valence-electron chi connectivity index (χ3n) is 1.83. The maximum absolute atomic E-state index is 8.71. The lowest BCUT2D eigenvalue weighted by molar-refractivity contribution is 0.238. The standard InChI is InChI=1S/C10H13NO3/c1-13-7-10(11-12)8-3-5-9(14-2)6-4-8/h3-6,12H,7H2,1-2H3/b11-10-. The lowest BCUT2D eigenvalue weighted by Crippen LogP contribution is -2.08. The molecule has 0 unspecified atom stereocenters. The topological polar surface area (TPSA) is 51.0 Å². The van der Waals surface area contributed by atoms with E-state index in [4.69, 9.17) is 14.7 Å². The van der Waals surface area contributed by atoms with Crippen molar-refractivity contribution in [3.63, 3.8) is 0 Å². The largest absolute Gasteiger partial charge is 0.497 e. The number of hydrogen-bond acceptors (Lipinski definition) is 4. The second-order valence-corrected chi connectivity index (χ2v) is 2.71. The minimum Gasteiger partial charge on any atom is -0.497 e. The van der Waals surface area contributed by atoms with E-state index in [0.29, 0.717) is 5.71 Å². The first-order valence-corrected chi connectivity index (χ1v) is 4.16. The van der Waals surface area contributed by atoms with Crippen molar-refractivity contribution in [3.8, 4) is 5.75 Å². The van der Waals surface area contributed by atoms with Crippen LogP contribution in [0, 0.1) is 0 Å². The highest BCUT2D eigenvalue weighted by Crippen LogP contribution is 2.12. The lowest BCUT2D eigenvalue weighted by atomic mass is 10.1. The van der Waals surface area contributed by atoms with E-state index in [1.165, 1.54) is 0 Å². The minimum absolute atomic E-state index is 0.281. The molecule has 0 aliphatic heterocycles. The van der Waals surface area contributed by atoms with Gasteiger partial charge in [-0.25, -0.2) is 0 Å². The van der Waals surface area contributed by atoms with Crippen molar-refractivity contribution in [3.05, 3.63) is 29.8 Å². The van der Waals surface area contributed by atoms with Crippen LogP contribution in [0.5, 0.6) is 5.75 Å². The fourth-order valence-corrected chi connectivity index (χ4v) is 1.09. The van der Waals surface area contributed by atoms with Crippen molar-refractivity contribution in [2.24, 2.45) is 5.16 Å². The Morgan fingerprint density at radius 1 is 1.29 bits per heavy atom. The zero-order chi connectivity index (χ0) is 10.4. The zero-order valence-corrected chi connectivity index (χ0v) is 8.23. The molecule has 0 saturated heterocycles. The summed E-state index contributed by atoms with van der Waals surface area (Å²) >= 11 is 0. The highest BCUT2D eigenvalue weighted by atomic mass is 16.5. The van der Waals surface area contributed by atoms with Crippen LogP contribution in [0.3, 0.4) is 0 Å². The second-order valence-electron chi connectivity index (χ2n) is 2.71. The van der Waals surface area contributed by atoms with Gasteiger partial charge in [-0.2, -0.15) is 0 Å². The Morgan fingerprint density at radius 2 is 1.93 bits per heavy atom. The highest BCUT2D eigenvalue weighted by molar-refractivity contribution is 6.01.